The highest BCUT2D eigenvalue weighted by Crippen LogP contribution is 2.38. The Morgan fingerprint density at radius 2 is 1.85 bits per heavy atom. The fourth-order valence-corrected chi connectivity index (χ4v) is 3.47. The Balaban J connectivity index is 2.40. The number of alkyl halides is 6. The quantitative estimate of drug-likeness (QED) is 0.423. The van der Waals surface area contributed by atoms with Gasteiger partial charge in [-0.25, -0.2) is 0 Å². The number of anilines is 2. The van der Waals surface area contributed by atoms with Crippen LogP contribution in [0.2, 0.25) is 0 Å². The predicted octanol–water partition coefficient (Wildman–Crippen LogP) is 2.38. The number of carbonyl (C=O) groups is 3. The van der Waals surface area contributed by atoms with E-state index in [0.717, 1.165) is 17.0 Å². The van der Waals surface area contributed by atoms with E-state index in [-0.39, 0.29) is 32.0 Å². The summed E-state index contributed by atoms with van der Waals surface area (Å²) in [5.74, 6) is -3.89. The molecule has 3 N–H and O–H groups in total. The van der Waals surface area contributed by atoms with Crippen LogP contribution in [0.25, 0.3) is 0 Å². The van der Waals surface area contributed by atoms with Gasteiger partial charge in [-0.2, -0.15) is 26.3 Å². The van der Waals surface area contributed by atoms with Crippen molar-refractivity contribution in [2.75, 3.05) is 43.1 Å². The molecule has 1 aromatic rings. The van der Waals surface area contributed by atoms with Crippen LogP contribution >= 0.6 is 0 Å². The van der Waals surface area contributed by atoms with E-state index in [4.69, 9.17) is 10.5 Å². The number of carbonyl (C=O) groups excluding carboxylic acids is 3. The third kappa shape index (κ3) is 7.32. The first kappa shape index (κ1) is 27.4. The molecule has 3 amide bonds. The van der Waals surface area contributed by atoms with Gasteiger partial charge >= 0.3 is 12.4 Å². The van der Waals surface area contributed by atoms with Crippen LogP contribution < -0.4 is 16.0 Å². The van der Waals surface area contributed by atoms with Gasteiger partial charge in [-0.3, -0.25) is 19.3 Å². The minimum absolute atomic E-state index is 0.00713. The van der Waals surface area contributed by atoms with Gasteiger partial charge in [0.15, 0.2) is 6.04 Å². The molecule has 14 heteroatoms. The Kier molecular flexibility index (Phi) is 8.53. The number of hydrogen-bond donors (Lipinski definition) is 2. The Morgan fingerprint density at radius 3 is 2.35 bits per heavy atom. The maximum Gasteiger partial charge on any atom is 0.418 e. The average molecular weight is 498 g/mol. The van der Waals surface area contributed by atoms with E-state index in [9.17, 15) is 40.7 Å². The summed E-state index contributed by atoms with van der Waals surface area (Å²) in [7, 11) is 0. The predicted molar refractivity (Wildman–Crippen MR) is 109 cm³/mol. The van der Waals surface area contributed by atoms with Crippen molar-refractivity contribution in [3.63, 3.8) is 0 Å². The van der Waals surface area contributed by atoms with Crippen molar-refractivity contribution in [1.82, 2.24) is 4.90 Å². The van der Waals surface area contributed by atoms with Gasteiger partial charge in [-0.1, -0.05) is 13.8 Å². The molecule has 0 unspecified atom stereocenters. The Morgan fingerprint density at radius 1 is 1.21 bits per heavy atom. The molecule has 0 aliphatic carbocycles. The summed E-state index contributed by atoms with van der Waals surface area (Å²) in [6.45, 7) is 0.829. The largest absolute Gasteiger partial charge is 0.418 e. The molecule has 0 bridgehead atoms. The highest BCUT2D eigenvalue weighted by atomic mass is 19.4. The van der Waals surface area contributed by atoms with Gasteiger partial charge in [0.2, 0.25) is 5.91 Å². The lowest BCUT2D eigenvalue weighted by molar-refractivity contribution is -0.158. The molecule has 0 saturated carbocycles. The second kappa shape index (κ2) is 10.6. The van der Waals surface area contributed by atoms with Gasteiger partial charge in [-0.15, -0.1) is 0 Å². The molecular formula is C20H24F6N4O4. The zero-order valence-electron chi connectivity index (χ0n) is 18.3. The van der Waals surface area contributed by atoms with E-state index in [0.29, 0.717) is 11.0 Å². The van der Waals surface area contributed by atoms with E-state index in [2.05, 4.69) is 0 Å². The van der Waals surface area contributed by atoms with Crippen molar-refractivity contribution in [2.24, 2.45) is 11.7 Å². The fourth-order valence-electron chi connectivity index (χ4n) is 3.47. The molecule has 0 radical (unpaired) electrons. The van der Waals surface area contributed by atoms with Crippen molar-refractivity contribution in [2.45, 2.75) is 32.2 Å². The van der Waals surface area contributed by atoms with E-state index >= 15 is 0 Å². The van der Waals surface area contributed by atoms with Crippen LogP contribution in [-0.4, -0.2) is 67.7 Å². The summed E-state index contributed by atoms with van der Waals surface area (Å²) in [5.41, 5.74) is 2.90. The molecule has 1 aliphatic rings. The lowest BCUT2D eigenvalue weighted by Gasteiger charge is -2.31. The van der Waals surface area contributed by atoms with E-state index < -0.39 is 59.8 Å². The van der Waals surface area contributed by atoms with Crippen LogP contribution in [0, 0.1) is 5.92 Å². The molecule has 0 spiro atoms. The Labute approximate surface area is 191 Å². The SMILES string of the molecule is CC(C)CN(CC(F)(F)F)[C@@H](C(N)=O)C(=O)Nc1ccc(N2CCOCC2=O)cc1C(F)(F)F. The summed E-state index contributed by atoms with van der Waals surface area (Å²) in [6.07, 6.45) is -9.80. The van der Waals surface area contributed by atoms with Gasteiger partial charge in [0.25, 0.3) is 11.8 Å². The molecule has 1 aliphatic heterocycles. The van der Waals surface area contributed by atoms with Gasteiger partial charge < -0.3 is 20.7 Å². The molecule has 0 aromatic heterocycles. The number of nitrogens with one attached hydrogen (secondary N) is 1. The highest BCUT2D eigenvalue weighted by Gasteiger charge is 2.41. The van der Waals surface area contributed by atoms with Gasteiger partial charge in [0.1, 0.15) is 6.61 Å². The van der Waals surface area contributed by atoms with Crippen LogP contribution in [0.15, 0.2) is 18.2 Å². The normalized spacial score (nSPS) is 16.2. The lowest BCUT2D eigenvalue weighted by atomic mass is 10.1. The zero-order valence-corrected chi connectivity index (χ0v) is 18.3. The number of hydrogen-bond acceptors (Lipinski definition) is 5. The Hall–Kier alpha value is -2.87. The van der Waals surface area contributed by atoms with Crippen molar-refractivity contribution >= 4 is 29.1 Å². The first-order valence-corrected chi connectivity index (χ1v) is 10.1. The molecule has 34 heavy (non-hydrogen) atoms. The number of ether oxygens (including phenoxy) is 1. The number of amides is 3. The molecule has 1 heterocycles. The number of primary amides is 1. The Bertz CT molecular complexity index is 919. The second-order valence-corrected chi connectivity index (χ2v) is 8.06. The molecule has 190 valence electrons. The summed E-state index contributed by atoms with van der Waals surface area (Å²) in [4.78, 5) is 38.1. The lowest BCUT2D eigenvalue weighted by Crippen LogP contribution is -2.55. The molecule has 2 rings (SSSR count). The summed E-state index contributed by atoms with van der Waals surface area (Å²) in [5, 5.41) is 1.88. The van der Waals surface area contributed by atoms with E-state index in [1.165, 1.54) is 13.8 Å². The summed E-state index contributed by atoms with van der Waals surface area (Å²) < 4.78 is 85.2. The first-order valence-electron chi connectivity index (χ1n) is 10.1. The topological polar surface area (TPSA) is 105 Å². The number of morpholine rings is 1. The minimum atomic E-state index is -5.00. The fraction of sp³-hybridized carbons (Fsp3) is 0.550. The monoisotopic (exact) mass is 498 g/mol. The zero-order chi connectivity index (χ0) is 25.8. The van der Waals surface area contributed by atoms with Crippen molar-refractivity contribution < 1.29 is 45.5 Å². The maximum absolute atomic E-state index is 13.7. The molecule has 8 nitrogen and oxygen atoms in total. The first-order chi connectivity index (χ1) is 15.6. The molecule has 1 atom stereocenters. The third-order valence-corrected chi connectivity index (χ3v) is 4.73. The van der Waals surface area contributed by atoms with Crippen LogP contribution in [0.5, 0.6) is 0 Å². The number of nitrogens with zero attached hydrogens (tertiary/aromatic N) is 2. The van der Waals surface area contributed by atoms with Crippen LogP contribution in [0.1, 0.15) is 19.4 Å². The molecule has 1 aromatic carbocycles. The van der Waals surface area contributed by atoms with Crippen molar-refractivity contribution in [1.29, 1.82) is 0 Å². The van der Waals surface area contributed by atoms with E-state index in [1.54, 1.807) is 0 Å². The summed E-state index contributed by atoms with van der Waals surface area (Å²) in [6, 6.07) is 0.438. The second-order valence-electron chi connectivity index (χ2n) is 8.06. The van der Waals surface area contributed by atoms with Gasteiger partial charge in [-0.05, 0) is 24.1 Å². The molecular weight excluding hydrogens is 474 g/mol. The number of halogens is 6. The van der Waals surface area contributed by atoms with Crippen LogP contribution in [0.3, 0.4) is 0 Å². The van der Waals surface area contributed by atoms with Crippen LogP contribution in [-0.2, 0) is 25.3 Å². The maximum atomic E-state index is 13.7. The highest BCUT2D eigenvalue weighted by molar-refractivity contribution is 6.10. The average Bonchev–Trinajstić information content (AvgIpc) is 2.66. The number of nitrogens with two attached hydrogens (primary N) is 1. The summed E-state index contributed by atoms with van der Waals surface area (Å²) >= 11 is 0. The number of rotatable bonds is 8. The smallest absolute Gasteiger partial charge is 0.370 e. The van der Waals surface area contributed by atoms with Gasteiger partial charge in [0.05, 0.1) is 24.4 Å². The van der Waals surface area contributed by atoms with E-state index in [1.807, 2.05) is 5.32 Å². The molecule has 1 fully saturated rings. The number of benzene rings is 1. The standard InChI is InChI=1S/C20H24F6N4O4/c1-11(2)8-29(10-19(21,22)23)16(17(27)32)18(33)28-14-4-3-12(7-13(14)20(24,25)26)30-5-6-34-9-15(30)31/h3-4,7,11,16H,5-6,8-10H2,1-2H3,(H2,27,32)(H,28,33)/t16-/m0/s1. The van der Waals surface area contributed by atoms with Crippen molar-refractivity contribution in [3.8, 4) is 0 Å². The third-order valence-electron chi connectivity index (χ3n) is 4.73. The van der Waals surface area contributed by atoms with Crippen molar-refractivity contribution in [3.05, 3.63) is 23.8 Å². The molecule has 1 saturated heterocycles. The van der Waals surface area contributed by atoms with Gasteiger partial charge in [0, 0.05) is 18.8 Å². The van der Waals surface area contributed by atoms with Crippen LogP contribution in [0.4, 0.5) is 37.7 Å². The minimum Gasteiger partial charge on any atom is -0.370 e.